The van der Waals surface area contributed by atoms with Crippen molar-refractivity contribution in [1.82, 2.24) is 0 Å². The van der Waals surface area contributed by atoms with Crippen LogP contribution in [0, 0.1) is 0 Å². The molecular formula is C19H20Cl4O2. The van der Waals surface area contributed by atoms with Gasteiger partial charge in [-0.15, -0.1) is 46.4 Å². The maximum absolute atomic E-state index is 10.2. The van der Waals surface area contributed by atoms with Gasteiger partial charge in [-0.25, -0.2) is 0 Å². The van der Waals surface area contributed by atoms with Gasteiger partial charge >= 0.3 is 0 Å². The summed E-state index contributed by atoms with van der Waals surface area (Å²) in [7, 11) is 0. The molecule has 0 aliphatic rings. The third kappa shape index (κ3) is 3.98. The molecule has 0 aliphatic heterocycles. The minimum absolute atomic E-state index is 0.137. The van der Waals surface area contributed by atoms with E-state index in [4.69, 9.17) is 46.4 Å². The van der Waals surface area contributed by atoms with Gasteiger partial charge in [-0.05, 0) is 11.1 Å². The molecule has 2 N–H and O–H groups in total. The van der Waals surface area contributed by atoms with Gasteiger partial charge in [0.15, 0.2) is 0 Å². The van der Waals surface area contributed by atoms with Gasteiger partial charge in [-0.2, -0.15) is 0 Å². The number of rotatable bonds is 6. The Labute approximate surface area is 168 Å². The van der Waals surface area contributed by atoms with Gasteiger partial charge in [-0.1, -0.05) is 38.1 Å². The Morgan fingerprint density at radius 3 is 1.08 bits per heavy atom. The van der Waals surface area contributed by atoms with Crippen LogP contribution in [0.25, 0.3) is 0 Å². The van der Waals surface area contributed by atoms with E-state index in [1.54, 1.807) is 0 Å². The first-order valence-electron chi connectivity index (χ1n) is 7.74. The normalized spacial score (nSPS) is 11.8. The molecule has 0 unspecified atom stereocenters. The highest BCUT2D eigenvalue weighted by atomic mass is 35.5. The van der Waals surface area contributed by atoms with Gasteiger partial charge < -0.3 is 10.2 Å². The van der Waals surface area contributed by atoms with E-state index in [-0.39, 0.29) is 35.0 Å². The molecule has 6 heteroatoms. The van der Waals surface area contributed by atoms with Crippen molar-refractivity contribution in [2.45, 2.75) is 42.8 Å². The predicted octanol–water partition coefficient (Wildman–Crippen LogP) is 6.38. The number of benzene rings is 2. The van der Waals surface area contributed by atoms with E-state index in [2.05, 4.69) is 13.8 Å². The standard InChI is InChI=1S/C19H20Cl4O2/c1-19(2,15-3-11(7-20)17(24)12(4-15)8-21)16-5-13(9-22)18(25)14(6-16)10-23/h3-6,24-25H,7-10H2,1-2H3. The predicted molar refractivity (Wildman–Crippen MR) is 107 cm³/mol. The molecule has 0 bridgehead atoms. The summed E-state index contributed by atoms with van der Waals surface area (Å²) in [5.74, 6) is 1.03. The summed E-state index contributed by atoms with van der Waals surface area (Å²) in [6, 6.07) is 7.52. The van der Waals surface area contributed by atoms with E-state index in [1.807, 2.05) is 24.3 Å². The lowest BCUT2D eigenvalue weighted by Crippen LogP contribution is -2.20. The third-order valence-corrected chi connectivity index (χ3v) is 5.71. The maximum atomic E-state index is 10.2. The molecule has 136 valence electrons. The highest BCUT2D eigenvalue weighted by Crippen LogP contribution is 2.39. The highest BCUT2D eigenvalue weighted by molar-refractivity contribution is 6.18. The lowest BCUT2D eigenvalue weighted by Gasteiger charge is -2.29. The molecule has 0 aliphatic carbocycles. The zero-order valence-corrected chi connectivity index (χ0v) is 17.1. The molecule has 0 spiro atoms. The van der Waals surface area contributed by atoms with Crippen LogP contribution in [0.4, 0.5) is 0 Å². The fourth-order valence-electron chi connectivity index (χ4n) is 2.82. The summed E-state index contributed by atoms with van der Waals surface area (Å²) in [6.45, 7) is 4.11. The third-order valence-electron chi connectivity index (χ3n) is 4.55. The molecular weight excluding hydrogens is 402 g/mol. The average molecular weight is 422 g/mol. The molecule has 2 aromatic rings. The summed E-state index contributed by atoms with van der Waals surface area (Å²) in [5.41, 5.74) is 4.04. The topological polar surface area (TPSA) is 40.5 Å². The van der Waals surface area contributed by atoms with Crippen LogP contribution in [0.15, 0.2) is 24.3 Å². The molecule has 0 saturated carbocycles. The minimum Gasteiger partial charge on any atom is -0.507 e. The molecule has 0 amide bonds. The second kappa shape index (κ2) is 8.26. The summed E-state index contributed by atoms with van der Waals surface area (Å²) in [6.07, 6.45) is 0. The Kier molecular flexibility index (Phi) is 6.78. The zero-order valence-electron chi connectivity index (χ0n) is 14.0. The zero-order chi connectivity index (χ0) is 18.8. The molecule has 25 heavy (non-hydrogen) atoms. The molecule has 0 atom stereocenters. The smallest absolute Gasteiger partial charge is 0.124 e. The van der Waals surface area contributed by atoms with Crippen molar-refractivity contribution in [3.63, 3.8) is 0 Å². The number of alkyl halides is 4. The number of halogens is 4. The van der Waals surface area contributed by atoms with Crippen LogP contribution in [0.3, 0.4) is 0 Å². The Hall–Kier alpha value is -0.800. The molecule has 0 aromatic heterocycles. The van der Waals surface area contributed by atoms with Crippen LogP contribution in [-0.4, -0.2) is 10.2 Å². The Bertz CT molecular complexity index is 659. The Morgan fingerprint density at radius 1 is 0.640 bits per heavy atom. The van der Waals surface area contributed by atoms with Crippen molar-refractivity contribution in [3.8, 4) is 11.5 Å². The fourth-order valence-corrected chi connectivity index (χ4v) is 3.63. The van der Waals surface area contributed by atoms with E-state index < -0.39 is 5.41 Å². The van der Waals surface area contributed by atoms with E-state index in [1.165, 1.54) is 0 Å². The summed E-state index contributed by atoms with van der Waals surface area (Å²) in [4.78, 5) is 0. The van der Waals surface area contributed by atoms with Crippen molar-refractivity contribution < 1.29 is 10.2 Å². The minimum atomic E-state index is -0.426. The number of aromatic hydroxyl groups is 2. The number of phenols is 2. The molecule has 2 nitrogen and oxygen atoms in total. The van der Waals surface area contributed by atoms with Crippen molar-refractivity contribution in [2.75, 3.05) is 0 Å². The number of phenolic OH excluding ortho intramolecular Hbond substituents is 2. The first kappa shape index (κ1) is 20.5. The van der Waals surface area contributed by atoms with Crippen LogP contribution >= 0.6 is 46.4 Å². The van der Waals surface area contributed by atoms with Gasteiger partial charge in [0, 0.05) is 27.7 Å². The molecule has 2 aromatic carbocycles. The molecule has 0 heterocycles. The number of hydrogen-bond donors (Lipinski definition) is 2. The quantitative estimate of drug-likeness (QED) is 0.531. The van der Waals surface area contributed by atoms with E-state index in [0.29, 0.717) is 22.3 Å². The summed E-state index contributed by atoms with van der Waals surface area (Å²) in [5, 5.41) is 20.4. The lowest BCUT2D eigenvalue weighted by molar-refractivity contribution is 0.463. The number of hydrogen-bond acceptors (Lipinski definition) is 2. The van der Waals surface area contributed by atoms with Crippen molar-refractivity contribution in [2.24, 2.45) is 0 Å². The second-order valence-corrected chi connectivity index (χ2v) is 7.51. The fraction of sp³-hybridized carbons (Fsp3) is 0.368. The van der Waals surface area contributed by atoms with Crippen molar-refractivity contribution >= 4 is 46.4 Å². The monoisotopic (exact) mass is 420 g/mol. The van der Waals surface area contributed by atoms with Crippen molar-refractivity contribution in [1.29, 1.82) is 0 Å². The van der Waals surface area contributed by atoms with Gasteiger partial charge in [0.25, 0.3) is 0 Å². The molecule has 2 rings (SSSR count). The Morgan fingerprint density at radius 2 is 0.880 bits per heavy atom. The first-order valence-corrected chi connectivity index (χ1v) is 9.88. The lowest BCUT2D eigenvalue weighted by atomic mass is 9.76. The molecule has 0 radical (unpaired) electrons. The van der Waals surface area contributed by atoms with Gasteiger partial charge in [0.05, 0.1) is 23.5 Å². The van der Waals surface area contributed by atoms with Crippen molar-refractivity contribution in [3.05, 3.63) is 57.6 Å². The van der Waals surface area contributed by atoms with Crippen LogP contribution < -0.4 is 0 Å². The summed E-state index contributed by atoms with van der Waals surface area (Å²) < 4.78 is 0. The average Bonchev–Trinajstić information content (AvgIpc) is 2.61. The van der Waals surface area contributed by atoms with E-state index in [9.17, 15) is 10.2 Å². The largest absolute Gasteiger partial charge is 0.507 e. The first-order chi connectivity index (χ1) is 11.8. The highest BCUT2D eigenvalue weighted by Gasteiger charge is 2.27. The van der Waals surface area contributed by atoms with Crippen LogP contribution in [0.1, 0.15) is 47.2 Å². The summed E-state index contributed by atoms with van der Waals surface area (Å²) >= 11 is 23.9. The van der Waals surface area contributed by atoms with Gasteiger partial charge in [-0.3, -0.25) is 0 Å². The van der Waals surface area contributed by atoms with Crippen LogP contribution in [0.5, 0.6) is 11.5 Å². The van der Waals surface area contributed by atoms with E-state index in [0.717, 1.165) is 11.1 Å². The van der Waals surface area contributed by atoms with Crippen LogP contribution in [-0.2, 0) is 28.9 Å². The van der Waals surface area contributed by atoms with Crippen LogP contribution in [0.2, 0.25) is 0 Å². The molecule has 0 saturated heterocycles. The maximum Gasteiger partial charge on any atom is 0.124 e. The SMILES string of the molecule is CC(C)(c1cc(CCl)c(O)c(CCl)c1)c1cc(CCl)c(O)c(CCl)c1. The van der Waals surface area contributed by atoms with Gasteiger partial charge in [0.1, 0.15) is 11.5 Å². The van der Waals surface area contributed by atoms with E-state index >= 15 is 0 Å². The molecule has 0 fully saturated rings. The second-order valence-electron chi connectivity index (χ2n) is 6.45. The Balaban J connectivity index is 2.66. The van der Waals surface area contributed by atoms with Gasteiger partial charge in [0.2, 0.25) is 0 Å².